The third-order valence-electron chi connectivity index (χ3n) is 3.76. The van der Waals surface area contributed by atoms with Crippen molar-refractivity contribution in [2.45, 2.75) is 59.1 Å². The molecule has 1 aliphatic heterocycles. The summed E-state index contributed by atoms with van der Waals surface area (Å²) in [5, 5.41) is 15.5. The van der Waals surface area contributed by atoms with Crippen molar-refractivity contribution in [3.8, 4) is 0 Å². The number of nitrogens with zero attached hydrogens (tertiary/aromatic N) is 2. The molecule has 2 rings (SSSR count). The lowest BCUT2D eigenvalue weighted by Gasteiger charge is -2.41. The molecule has 0 radical (unpaired) electrons. The van der Waals surface area contributed by atoms with Crippen LogP contribution in [0, 0.1) is 5.41 Å². The Kier molecular flexibility index (Phi) is 4.31. The lowest BCUT2D eigenvalue weighted by Crippen LogP contribution is -2.44. The molecule has 1 atom stereocenters. The molecule has 0 aromatic carbocycles. The summed E-state index contributed by atoms with van der Waals surface area (Å²) in [5.41, 5.74) is 1.95. The highest BCUT2D eigenvalue weighted by Gasteiger charge is 2.39. The van der Waals surface area contributed by atoms with Gasteiger partial charge in [0.2, 0.25) is 0 Å². The molecule has 1 aliphatic rings. The molecule has 3 nitrogen and oxygen atoms in total. The molecule has 1 aromatic rings. The fourth-order valence-electron chi connectivity index (χ4n) is 3.06. The molecular formula is C15H26N2OS. The highest BCUT2D eigenvalue weighted by Crippen LogP contribution is 2.40. The van der Waals surface area contributed by atoms with Crippen LogP contribution >= 0.6 is 11.8 Å². The first-order chi connectivity index (χ1) is 8.87. The zero-order valence-electron chi connectivity index (χ0n) is 12.6. The Balaban J connectivity index is 2.17. The summed E-state index contributed by atoms with van der Waals surface area (Å²) in [6.07, 6.45) is 2.56. The first-order valence-electron chi connectivity index (χ1n) is 7.23. The van der Waals surface area contributed by atoms with Crippen molar-refractivity contribution in [2.24, 2.45) is 5.41 Å². The van der Waals surface area contributed by atoms with Gasteiger partial charge in [-0.3, -0.25) is 4.68 Å². The van der Waals surface area contributed by atoms with Crippen LogP contribution in [0.2, 0.25) is 0 Å². The lowest BCUT2D eigenvalue weighted by atomic mass is 9.80. The molecule has 1 unspecified atom stereocenters. The van der Waals surface area contributed by atoms with E-state index < -0.39 is 5.60 Å². The summed E-state index contributed by atoms with van der Waals surface area (Å²) >= 11 is 1.87. The smallest absolute Gasteiger partial charge is 0.0798 e. The normalized spacial score (nSPS) is 26.6. The van der Waals surface area contributed by atoms with Crippen molar-refractivity contribution in [2.75, 3.05) is 11.5 Å². The minimum atomic E-state index is -0.579. The van der Waals surface area contributed by atoms with Gasteiger partial charge < -0.3 is 5.11 Å². The SMILES string of the molecule is CCc1cc(CC2(O)CSCC(C)(C)C2)n(CC)n1. The molecule has 0 bridgehead atoms. The fourth-order valence-corrected chi connectivity index (χ4v) is 4.41. The predicted octanol–water partition coefficient (Wildman–Crippen LogP) is 2.90. The average molecular weight is 282 g/mol. The van der Waals surface area contributed by atoms with Gasteiger partial charge in [-0.05, 0) is 37.0 Å². The molecule has 1 aromatic heterocycles. The Morgan fingerprint density at radius 1 is 1.37 bits per heavy atom. The van der Waals surface area contributed by atoms with Crippen LogP contribution < -0.4 is 0 Å². The number of aliphatic hydroxyl groups is 1. The first kappa shape index (κ1) is 14.9. The summed E-state index contributed by atoms with van der Waals surface area (Å²) in [5.74, 6) is 1.98. The lowest BCUT2D eigenvalue weighted by molar-refractivity contribution is 0.0183. The van der Waals surface area contributed by atoms with Crippen LogP contribution in [0.25, 0.3) is 0 Å². The van der Waals surface area contributed by atoms with E-state index in [1.807, 2.05) is 16.4 Å². The summed E-state index contributed by atoms with van der Waals surface area (Å²) in [6.45, 7) is 9.61. The monoisotopic (exact) mass is 282 g/mol. The predicted molar refractivity (Wildman–Crippen MR) is 81.7 cm³/mol. The van der Waals surface area contributed by atoms with Crippen LogP contribution in [-0.4, -0.2) is 32.0 Å². The van der Waals surface area contributed by atoms with E-state index in [-0.39, 0.29) is 5.41 Å². The molecule has 108 valence electrons. The minimum Gasteiger partial charge on any atom is -0.389 e. The third kappa shape index (κ3) is 3.54. The largest absolute Gasteiger partial charge is 0.389 e. The van der Waals surface area contributed by atoms with Gasteiger partial charge in [0.1, 0.15) is 0 Å². The molecule has 0 aliphatic carbocycles. The molecule has 0 saturated carbocycles. The van der Waals surface area contributed by atoms with Crippen molar-refractivity contribution in [3.05, 3.63) is 17.5 Å². The Bertz CT molecular complexity index is 441. The summed E-state index contributed by atoms with van der Waals surface area (Å²) < 4.78 is 2.04. The van der Waals surface area contributed by atoms with E-state index in [2.05, 4.69) is 38.9 Å². The van der Waals surface area contributed by atoms with Crippen molar-refractivity contribution in [3.63, 3.8) is 0 Å². The van der Waals surface area contributed by atoms with Crippen molar-refractivity contribution < 1.29 is 5.11 Å². The van der Waals surface area contributed by atoms with E-state index in [1.165, 1.54) is 5.69 Å². The molecule has 1 saturated heterocycles. The van der Waals surface area contributed by atoms with Gasteiger partial charge in [0.05, 0.1) is 11.3 Å². The quantitative estimate of drug-likeness (QED) is 0.923. The van der Waals surface area contributed by atoms with Crippen LogP contribution in [0.5, 0.6) is 0 Å². The van der Waals surface area contributed by atoms with E-state index in [1.54, 1.807) is 0 Å². The Labute approximate surface area is 120 Å². The molecule has 0 amide bonds. The molecule has 19 heavy (non-hydrogen) atoms. The molecule has 0 spiro atoms. The maximum Gasteiger partial charge on any atom is 0.0798 e. The van der Waals surface area contributed by atoms with E-state index in [0.717, 1.165) is 43.0 Å². The zero-order chi connectivity index (χ0) is 14.1. The van der Waals surface area contributed by atoms with Gasteiger partial charge in [-0.2, -0.15) is 16.9 Å². The van der Waals surface area contributed by atoms with Gasteiger partial charge in [-0.25, -0.2) is 0 Å². The van der Waals surface area contributed by atoms with Crippen molar-refractivity contribution >= 4 is 11.8 Å². The molecule has 2 heterocycles. The maximum absolute atomic E-state index is 10.9. The summed E-state index contributed by atoms with van der Waals surface area (Å²) in [6, 6.07) is 2.16. The standard InChI is InChI=1S/C15H26N2OS/c1-5-12-7-13(17(6-2)16-12)8-15(18)9-14(3,4)10-19-11-15/h7,18H,5-6,8-11H2,1-4H3. The topological polar surface area (TPSA) is 38.0 Å². The number of hydrogen-bond acceptors (Lipinski definition) is 3. The molecule has 4 heteroatoms. The highest BCUT2D eigenvalue weighted by molar-refractivity contribution is 7.99. The zero-order valence-corrected chi connectivity index (χ0v) is 13.4. The number of aromatic nitrogens is 2. The van der Waals surface area contributed by atoms with Crippen LogP contribution in [0.3, 0.4) is 0 Å². The third-order valence-corrected chi connectivity index (χ3v) is 5.48. The van der Waals surface area contributed by atoms with E-state index in [4.69, 9.17) is 0 Å². The fraction of sp³-hybridized carbons (Fsp3) is 0.800. The second-order valence-corrected chi connectivity index (χ2v) is 7.52. The van der Waals surface area contributed by atoms with Gasteiger partial charge in [-0.1, -0.05) is 20.8 Å². The van der Waals surface area contributed by atoms with Gasteiger partial charge in [-0.15, -0.1) is 0 Å². The second-order valence-electron chi connectivity index (χ2n) is 6.53. The number of aryl methyl sites for hydroxylation is 2. The van der Waals surface area contributed by atoms with E-state index in [9.17, 15) is 5.11 Å². The van der Waals surface area contributed by atoms with Crippen LogP contribution in [0.15, 0.2) is 6.07 Å². The van der Waals surface area contributed by atoms with Gasteiger partial charge in [0.25, 0.3) is 0 Å². The number of thioether (sulfide) groups is 1. The number of hydrogen-bond donors (Lipinski definition) is 1. The van der Waals surface area contributed by atoms with Crippen LogP contribution in [0.4, 0.5) is 0 Å². The van der Waals surface area contributed by atoms with Gasteiger partial charge in [0.15, 0.2) is 0 Å². The van der Waals surface area contributed by atoms with E-state index in [0.29, 0.717) is 0 Å². The Morgan fingerprint density at radius 2 is 2.11 bits per heavy atom. The minimum absolute atomic E-state index is 0.225. The van der Waals surface area contributed by atoms with Crippen molar-refractivity contribution in [1.29, 1.82) is 0 Å². The Morgan fingerprint density at radius 3 is 2.68 bits per heavy atom. The summed E-state index contributed by atoms with van der Waals surface area (Å²) in [4.78, 5) is 0. The highest BCUT2D eigenvalue weighted by atomic mass is 32.2. The molecule has 1 N–H and O–H groups in total. The second kappa shape index (κ2) is 5.49. The maximum atomic E-state index is 10.9. The van der Waals surface area contributed by atoms with E-state index >= 15 is 0 Å². The van der Waals surface area contributed by atoms with Gasteiger partial charge >= 0.3 is 0 Å². The average Bonchev–Trinajstić information content (AvgIpc) is 2.68. The van der Waals surface area contributed by atoms with Crippen LogP contribution in [0.1, 0.15) is 45.5 Å². The molecule has 1 fully saturated rings. The van der Waals surface area contributed by atoms with Crippen molar-refractivity contribution in [1.82, 2.24) is 9.78 Å². The van der Waals surface area contributed by atoms with Gasteiger partial charge in [0, 0.05) is 24.4 Å². The molecular weight excluding hydrogens is 256 g/mol. The Hall–Kier alpha value is -0.480. The first-order valence-corrected chi connectivity index (χ1v) is 8.39. The van der Waals surface area contributed by atoms with Crippen LogP contribution in [-0.2, 0) is 19.4 Å². The number of rotatable bonds is 4. The summed E-state index contributed by atoms with van der Waals surface area (Å²) in [7, 11) is 0.